The van der Waals surface area contributed by atoms with Gasteiger partial charge in [0.2, 0.25) is 5.79 Å². The van der Waals surface area contributed by atoms with Crippen molar-refractivity contribution in [3.63, 3.8) is 0 Å². The van der Waals surface area contributed by atoms with Crippen molar-refractivity contribution in [3.05, 3.63) is 48.1 Å². The van der Waals surface area contributed by atoms with Crippen molar-refractivity contribution in [3.8, 4) is 11.5 Å². The Morgan fingerprint density at radius 1 is 1.10 bits per heavy atom. The molecule has 2 aliphatic carbocycles. The smallest absolute Gasteiger partial charge is 0.410 e. The highest BCUT2D eigenvalue weighted by atomic mass is 16.7. The minimum Gasteiger partial charge on any atom is -0.508 e. The molecule has 6 unspecified atom stereocenters. The van der Waals surface area contributed by atoms with Gasteiger partial charge < -0.3 is 44.2 Å². The van der Waals surface area contributed by atoms with Crippen LogP contribution < -0.4 is 4.74 Å². The quantitative estimate of drug-likeness (QED) is 0.0848. The van der Waals surface area contributed by atoms with Crippen LogP contribution >= 0.6 is 0 Å². The summed E-state index contributed by atoms with van der Waals surface area (Å²) in [6, 6.07) is 4.35. The number of carbonyl (C=O) groups excluding carboxylic acids is 1. The second-order valence-electron chi connectivity index (χ2n) is 14.2. The van der Waals surface area contributed by atoms with Crippen LogP contribution in [0.1, 0.15) is 84.1 Å². The number of benzene rings is 1. The Morgan fingerprint density at radius 2 is 1.84 bits per heavy atom. The van der Waals surface area contributed by atoms with E-state index in [-0.39, 0.29) is 82.7 Å². The van der Waals surface area contributed by atoms with E-state index in [4.69, 9.17) is 28.9 Å². The number of amides is 1. The fraction of sp³-hybridized carbons (Fsp3) is 0.684. The molecule has 280 valence electrons. The van der Waals surface area contributed by atoms with E-state index in [9.17, 15) is 25.2 Å². The van der Waals surface area contributed by atoms with E-state index in [0.29, 0.717) is 24.3 Å². The lowest BCUT2D eigenvalue weighted by Gasteiger charge is -2.59. The number of nitrogens with zero attached hydrogens (tertiary/aromatic N) is 2. The van der Waals surface area contributed by atoms with Gasteiger partial charge in [0.15, 0.2) is 0 Å². The lowest BCUT2D eigenvalue weighted by Crippen LogP contribution is -2.70. The minimum absolute atomic E-state index is 0.0395. The van der Waals surface area contributed by atoms with Crippen LogP contribution in [0.5, 0.6) is 11.5 Å². The molecule has 0 bridgehead atoms. The van der Waals surface area contributed by atoms with Crippen LogP contribution in [-0.2, 0) is 19.0 Å². The van der Waals surface area contributed by atoms with E-state index in [1.807, 2.05) is 20.8 Å². The van der Waals surface area contributed by atoms with E-state index < -0.39 is 29.4 Å². The lowest BCUT2D eigenvalue weighted by molar-refractivity contribution is -0.256. The molecular weight excluding hydrogens is 644 g/mol. The van der Waals surface area contributed by atoms with Crippen LogP contribution in [0.3, 0.4) is 0 Å². The maximum atomic E-state index is 13.9. The van der Waals surface area contributed by atoms with Gasteiger partial charge in [0, 0.05) is 37.7 Å². The van der Waals surface area contributed by atoms with Gasteiger partial charge in [-0.05, 0) is 89.0 Å². The molecule has 0 saturated heterocycles. The average Bonchev–Trinajstić information content (AvgIpc) is 3.08. The van der Waals surface area contributed by atoms with Crippen molar-refractivity contribution in [2.24, 2.45) is 22.9 Å². The zero-order valence-electron chi connectivity index (χ0n) is 30.2. The number of hydrogen-bond acceptors (Lipinski definition) is 11. The molecule has 1 amide bonds. The van der Waals surface area contributed by atoms with Crippen molar-refractivity contribution in [2.75, 3.05) is 52.8 Å². The molecule has 1 aliphatic heterocycles. The molecule has 4 rings (SSSR count). The molecular formula is C38H58N2O10. The number of aromatic hydroxyl groups is 1. The predicted molar refractivity (Wildman–Crippen MR) is 189 cm³/mol. The molecule has 1 aromatic carbocycles. The number of allylic oxidation sites excluding steroid dienone is 1. The van der Waals surface area contributed by atoms with Gasteiger partial charge in [0.25, 0.3) is 0 Å². The van der Waals surface area contributed by atoms with Crippen LogP contribution in [0.15, 0.2) is 47.7 Å². The second-order valence-corrected chi connectivity index (χ2v) is 14.2. The highest BCUT2D eigenvalue weighted by Gasteiger charge is 2.65. The summed E-state index contributed by atoms with van der Waals surface area (Å²) in [4.78, 5) is 21.6. The Labute approximate surface area is 296 Å². The summed E-state index contributed by atoms with van der Waals surface area (Å²) in [5.41, 5.74) is 1.81. The highest BCUT2D eigenvalue weighted by Crippen LogP contribution is 2.61. The van der Waals surface area contributed by atoms with E-state index in [2.05, 4.69) is 12.7 Å². The van der Waals surface area contributed by atoms with Crippen LogP contribution in [0.2, 0.25) is 0 Å². The van der Waals surface area contributed by atoms with E-state index in [0.717, 1.165) is 36.8 Å². The first-order valence-electron chi connectivity index (χ1n) is 18.1. The van der Waals surface area contributed by atoms with E-state index >= 15 is 0 Å². The highest BCUT2D eigenvalue weighted by molar-refractivity contribution is 6.03. The summed E-state index contributed by atoms with van der Waals surface area (Å²) in [5, 5.41) is 44.4. The minimum atomic E-state index is -1.44. The van der Waals surface area contributed by atoms with Gasteiger partial charge in [-0.3, -0.25) is 4.90 Å². The van der Waals surface area contributed by atoms with Crippen molar-refractivity contribution in [1.29, 1.82) is 0 Å². The maximum absolute atomic E-state index is 13.9. The molecule has 12 nitrogen and oxygen atoms in total. The second kappa shape index (κ2) is 18.4. The molecule has 6 atom stereocenters. The SMILES string of the molecule is C=CCOC12Oc3ccc(O)cc3C3C(CCCCO)C(CCCCO)C=C(C(=NOC(C)(C)C)CC1N(CCOCCO)C(=O)OCC)C32. The molecule has 1 heterocycles. The first-order chi connectivity index (χ1) is 24.0. The number of rotatable bonds is 19. The zero-order chi connectivity index (χ0) is 36.3. The van der Waals surface area contributed by atoms with Crippen LogP contribution in [0, 0.1) is 17.8 Å². The molecule has 1 saturated carbocycles. The third-order valence-electron chi connectivity index (χ3n) is 9.68. The third-order valence-corrected chi connectivity index (χ3v) is 9.68. The Morgan fingerprint density at radius 3 is 2.50 bits per heavy atom. The van der Waals surface area contributed by atoms with Gasteiger partial charge in [-0.1, -0.05) is 30.1 Å². The number of hydrogen-bond donors (Lipinski definition) is 4. The Balaban J connectivity index is 2.02. The predicted octanol–water partition coefficient (Wildman–Crippen LogP) is 5.29. The lowest BCUT2D eigenvalue weighted by atomic mass is 9.55. The Bertz CT molecular complexity index is 1330. The summed E-state index contributed by atoms with van der Waals surface area (Å²) in [6.07, 6.45) is 8.11. The van der Waals surface area contributed by atoms with Gasteiger partial charge in [0.05, 0.1) is 44.7 Å². The molecule has 3 aliphatic rings. The monoisotopic (exact) mass is 702 g/mol. The number of aliphatic hydroxyl groups excluding tert-OH is 3. The number of unbranched alkanes of at least 4 members (excludes halogenated alkanes) is 2. The van der Waals surface area contributed by atoms with Crippen LogP contribution in [-0.4, -0.2) is 107 Å². The van der Waals surface area contributed by atoms with Crippen LogP contribution in [0.25, 0.3) is 0 Å². The molecule has 1 aromatic rings. The summed E-state index contributed by atoms with van der Waals surface area (Å²) >= 11 is 0. The molecule has 0 radical (unpaired) electrons. The molecule has 50 heavy (non-hydrogen) atoms. The fourth-order valence-corrected chi connectivity index (χ4v) is 7.76. The van der Waals surface area contributed by atoms with Gasteiger partial charge in [-0.15, -0.1) is 6.58 Å². The number of oxime groups is 1. The van der Waals surface area contributed by atoms with E-state index in [1.165, 1.54) is 0 Å². The summed E-state index contributed by atoms with van der Waals surface area (Å²) in [6.45, 7) is 12.1. The first kappa shape index (κ1) is 39.6. The van der Waals surface area contributed by atoms with Crippen molar-refractivity contribution < 1.29 is 49.0 Å². The number of phenols is 1. The standard InChI is InChI=1S/C38H58N2O10/c1-6-20-48-38-33(40(36(45)47-7-2)16-21-46-22-19-43)25-31(39-50-37(3,4)5)29-23-26(12-8-10-17-41)28(13-9-11-18-42)34(35(29)38)30-24-27(44)14-15-32(30)49-38/h6,14-15,23-24,26,28,33-35,41-44H,1,7-13,16-22,25H2,2-5H3. The van der Waals surface area contributed by atoms with E-state index in [1.54, 1.807) is 36.1 Å². The zero-order valence-corrected chi connectivity index (χ0v) is 30.2. The van der Waals surface area contributed by atoms with Gasteiger partial charge >= 0.3 is 6.09 Å². The van der Waals surface area contributed by atoms with Crippen molar-refractivity contribution in [2.45, 2.75) is 96.0 Å². The summed E-state index contributed by atoms with van der Waals surface area (Å²) < 4.78 is 25.2. The van der Waals surface area contributed by atoms with Crippen molar-refractivity contribution in [1.82, 2.24) is 4.90 Å². The fourth-order valence-electron chi connectivity index (χ4n) is 7.76. The number of aliphatic hydroxyl groups is 3. The molecule has 12 heteroatoms. The number of phenolic OH excluding ortho intramolecular Hbond substituents is 1. The third kappa shape index (κ3) is 9.19. The van der Waals surface area contributed by atoms with Gasteiger partial charge in [0.1, 0.15) is 23.1 Å². The molecule has 4 N–H and O–H groups in total. The summed E-state index contributed by atoms with van der Waals surface area (Å²) in [5.74, 6) is -1.41. The van der Waals surface area contributed by atoms with Gasteiger partial charge in [-0.25, -0.2) is 4.79 Å². The number of carbonyl (C=O) groups is 1. The molecule has 1 fully saturated rings. The number of fused-ring (bicyclic) bond motifs is 2. The summed E-state index contributed by atoms with van der Waals surface area (Å²) in [7, 11) is 0. The van der Waals surface area contributed by atoms with Crippen molar-refractivity contribution >= 4 is 11.8 Å². The average molecular weight is 703 g/mol. The molecule has 0 spiro atoms. The topological polar surface area (TPSA) is 160 Å². The largest absolute Gasteiger partial charge is 0.508 e. The van der Waals surface area contributed by atoms with Crippen LogP contribution in [0.4, 0.5) is 4.79 Å². The van der Waals surface area contributed by atoms with Gasteiger partial charge in [-0.2, -0.15) is 0 Å². The number of ether oxygens (including phenoxy) is 4. The maximum Gasteiger partial charge on any atom is 0.410 e. The normalized spacial score (nSPS) is 26.3. The first-order valence-corrected chi connectivity index (χ1v) is 18.1. The molecule has 0 aromatic heterocycles. The Kier molecular flexibility index (Phi) is 14.6. The Hall–Kier alpha value is -3.16.